The second-order valence-corrected chi connectivity index (χ2v) is 8.16. The Kier molecular flexibility index (Phi) is 5.71. The standard InChI is InChI=1S/C20H28N4O4/c1-20(2,3)24(19(26)27)15-11-23(12-16(15)25)10-8-13-7-9-21-14-5-6-17(28-4)22-18(13)14/h5-7,9,15-16,25H,8,10-12H2,1-4H3,(H,26,27)/t15-,16+/m0/s1. The number of nitrogens with zero attached hydrogens (tertiary/aromatic N) is 4. The molecule has 1 aliphatic rings. The zero-order chi connectivity index (χ0) is 20.5. The van der Waals surface area contributed by atoms with Crippen LogP contribution in [0.1, 0.15) is 26.3 Å². The van der Waals surface area contributed by atoms with Crippen molar-refractivity contribution < 1.29 is 19.7 Å². The van der Waals surface area contributed by atoms with Gasteiger partial charge in [0.15, 0.2) is 0 Å². The summed E-state index contributed by atoms with van der Waals surface area (Å²) in [6.07, 6.45) is 0.776. The van der Waals surface area contributed by atoms with Crippen LogP contribution in [-0.4, -0.2) is 80.5 Å². The van der Waals surface area contributed by atoms with E-state index in [-0.39, 0.29) is 0 Å². The Hall–Kier alpha value is -2.45. The average Bonchev–Trinajstić information content (AvgIpc) is 2.98. The molecule has 0 radical (unpaired) electrons. The predicted molar refractivity (Wildman–Crippen MR) is 106 cm³/mol. The first-order valence-corrected chi connectivity index (χ1v) is 9.42. The van der Waals surface area contributed by atoms with E-state index >= 15 is 0 Å². The number of aromatic nitrogens is 2. The van der Waals surface area contributed by atoms with Gasteiger partial charge >= 0.3 is 6.09 Å². The van der Waals surface area contributed by atoms with Gasteiger partial charge in [-0.15, -0.1) is 0 Å². The van der Waals surface area contributed by atoms with Crippen molar-refractivity contribution in [3.63, 3.8) is 0 Å². The molecule has 1 aliphatic heterocycles. The first-order valence-electron chi connectivity index (χ1n) is 9.42. The van der Waals surface area contributed by atoms with Crippen molar-refractivity contribution in [3.05, 3.63) is 30.0 Å². The predicted octanol–water partition coefficient (Wildman–Crippen LogP) is 2.00. The Morgan fingerprint density at radius 2 is 2.07 bits per heavy atom. The van der Waals surface area contributed by atoms with Gasteiger partial charge < -0.3 is 14.9 Å². The zero-order valence-electron chi connectivity index (χ0n) is 16.8. The molecule has 0 saturated carbocycles. The van der Waals surface area contributed by atoms with Gasteiger partial charge in [-0.2, -0.15) is 0 Å². The molecule has 0 aliphatic carbocycles. The maximum absolute atomic E-state index is 11.7. The van der Waals surface area contributed by atoms with E-state index in [1.54, 1.807) is 19.4 Å². The smallest absolute Gasteiger partial charge is 0.408 e. The lowest BCUT2D eigenvalue weighted by Gasteiger charge is -2.39. The van der Waals surface area contributed by atoms with Gasteiger partial charge in [-0.3, -0.25) is 14.8 Å². The lowest BCUT2D eigenvalue weighted by molar-refractivity contribution is 0.0297. The molecule has 152 valence electrons. The van der Waals surface area contributed by atoms with Crippen LogP contribution in [0.3, 0.4) is 0 Å². The highest BCUT2D eigenvalue weighted by Crippen LogP contribution is 2.25. The number of aliphatic hydroxyl groups excluding tert-OH is 1. The molecular weight excluding hydrogens is 360 g/mol. The molecule has 2 aromatic rings. The van der Waals surface area contributed by atoms with Crippen LogP contribution in [0.15, 0.2) is 24.4 Å². The molecule has 2 atom stereocenters. The third-order valence-corrected chi connectivity index (χ3v) is 5.14. The molecule has 0 bridgehead atoms. The van der Waals surface area contributed by atoms with Crippen LogP contribution in [-0.2, 0) is 6.42 Å². The average molecular weight is 388 g/mol. The molecule has 28 heavy (non-hydrogen) atoms. The highest BCUT2D eigenvalue weighted by atomic mass is 16.5. The van der Waals surface area contributed by atoms with Crippen LogP contribution < -0.4 is 4.74 Å². The minimum Gasteiger partial charge on any atom is -0.481 e. The molecule has 3 heterocycles. The molecule has 3 rings (SSSR count). The second kappa shape index (κ2) is 7.89. The molecule has 2 aromatic heterocycles. The number of fused-ring (bicyclic) bond motifs is 1. The molecular formula is C20H28N4O4. The number of amides is 1. The van der Waals surface area contributed by atoms with Crippen LogP contribution in [0.4, 0.5) is 4.79 Å². The van der Waals surface area contributed by atoms with Crippen molar-refractivity contribution in [2.24, 2.45) is 0 Å². The van der Waals surface area contributed by atoms with E-state index in [9.17, 15) is 15.0 Å². The maximum atomic E-state index is 11.7. The molecule has 0 aromatic carbocycles. The fourth-order valence-corrected chi connectivity index (χ4v) is 3.86. The van der Waals surface area contributed by atoms with Crippen LogP contribution in [0.5, 0.6) is 5.88 Å². The van der Waals surface area contributed by atoms with E-state index in [0.717, 1.165) is 23.0 Å². The number of hydrogen-bond donors (Lipinski definition) is 2. The van der Waals surface area contributed by atoms with E-state index in [2.05, 4.69) is 14.9 Å². The number of hydrogen-bond acceptors (Lipinski definition) is 6. The van der Waals surface area contributed by atoms with Crippen LogP contribution in [0, 0.1) is 0 Å². The molecule has 1 fully saturated rings. The molecule has 2 N–H and O–H groups in total. The third kappa shape index (κ3) is 4.18. The minimum absolute atomic E-state index is 0.440. The van der Waals surface area contributed by atoms with Crippen molar-refractivity contribution in [1.82, 2.24) is 19.8 Å². The molecule has 1 amide bonds. The molecule has 8 nitrogen and oxygen atoms in total. The van der Waals surface area contributed by atoms with Gasteiger partial charge in [0.05, 0.1) is 30.3 Å². The van der Waals surface area contributed by atoms with Crippen molar-refractivity contribution in [1.29, 1.82) is 0 Å². The third-order valence-electron chi connectivity index (χ3n) is 5.14. The number of aliphatic hydroxyl groups is 1. The summed E-state index contributed by atoms with van der Waals surface area (Å²) in [5.74, 6) is 0.542. The Labute approximate surface area is 164 Å². The number of likely N-dealkylation sites (tertiary alicyclic amines) is 1. The summed E-state index contributed by atoms with van der Waals surface area (Å²) in [5.41, 5.74) is 2.09. The molecule has 8 heteroatoms. The van der Waals surface area contributed by atoms with E-state index in [1.165, 1.54) is 4.90 Å². The fourth-order valence-electron chi connectivity index (χ4n) is 3.86. The van der Waals surface area contributed by atoms with E-state index in [4.69, 9.17) is 4.74 Å². The van der Waals surface area contributed by atoms with Crippen LogP contribution in [0.2, 0.25) is 0 Å². The van der Waals surface area contributed by atoms with E-state index in [0.29, 0.717) is 25.5 Å². The van der Waals surface area contributed by atoms with Crippen LogP contribution in [0.25, 0.3) is 11.0 Å². The normalized spacial score (nSPS) is 20.5. The van der Waals surface area contributed by atoms with Gasteiger partial charge in [0, 0.05) is 37.4 Å². The van der Waals surface area contributed by atoms with E-state index < -0.39 is 23.8 Å². The van der Waals surface area contributed by atoms with Crippen molar-refractivity contribution in [3.8, 4) is 5.88 Å². The Morgan fingerprint density at radius 3 is 2.71 bits per heavy atom. The number of ether oxygens (including phenoxy) is 1. The van der Waals surface area contributed by atoms with Crippen molar-refractivity contribution in [2.75, 3.05) is 26.7 Å². The Morgan fingerprint density at radius 1 is 1.32 bits per heavy atom. The minimum atomic E-state index is -1.00. The lowest BCUT2D eigenvalue weighted by Crippen LogP contribution is -2.55. The first-order chi connectivity index (χ1) is 13.2. The monoisotopic (exact) mass is 388 g/mol. The topological polar surface area (TPSA) is 99.0 Å². The van der Waals surface area contributed by atoms with E-state index in [1.807, 2.05) is 32.9 Å². The summed E-state index contributed by atoms with van der Waals surface area (Å²) in [6, 6.07) is 5.17. The lowest BCUT2D eigenvalue weighted by atomic mass is 10.0. The summed E-state index contributed by atoms with van der Waals surface area (Å²) >= 11 is 0. The summed E-state index contributed by atoms with van der Waals surface area (Å²) in [4.78, 5) is 24.1. The van der Waals surface area contributed by atoms with Crippen LogP contribution >= 0.6 is 0 Å². The highest BCUT2D eigenvalue weighted by Gasteiger charge is 2.42. The largest absolute Gasteiger partial charge is 0.481 e. The Balaban J connectivity index is 1.72. The second-order valence-electron chi connectivity index (χ2n) is 8.16. The fraction of sp³-hybridized carbons (Fsp3) is 0.550. The van der Waals surface area contributed by atoms with Crippen molar-refractivity contribution >= 4 is 17.1 Å². The number of methoxy groups -OCH3 is 1. The van der Waals surface area contributed by atoms with Gasteiger partial charge in [0.2, 0.25) is 5.88 Å². The molecule has 1 saturated heterocycles. The van der Waals surface area contributed by atoms with Gasteiger partial charge in [0.1, 0.15) is 0 Å². The number of carbonyl (C=O) groups is 1. The zero-order valence-corrected chi connectivity index (χ0v) is 16.8. The summed E-state index contributed by atoms with van der Waals surface area (Å²) < 4.78 is 5.22. The van der Waals surface area contributed by atoms with Gasteiger partial charge in [0.25, 0.3) is 0 Å². The Bertz CT molecular complexity index is 852. The first kappa shape index (κ1) is 20.3. The quantitative estimate of drug-likeness (QED) is 0.808. The van der Waals surface area contributed by atoms with Crippen molar-refractivity contribution in [2.45, 2.75) is 44.9 Å². The summed E-state index contributed by atoms with van der Waals surface area (Å²) in [6.45, 7) is 7.19. The molecule has 0 unspecified atom stereocenters. The van der Waals surface area contributed by atoms with Gasteiger partial charge in [-0.1, -0.05) is 0 Å². The SMILES string of the molecule is COc1ccc2nccc(CCN3C[C@@H](O)[C@@H](N(C(=O)O)C(C)(C)C)C3)c2n1. The summed E-state index contributed by atoms with van der Waals surface area (Å²) in [5, 5.41) is 20.1. The number of pyridine rings is 2. The highest BCUT2D eigenvalue weighted by molar-refractivity contribution is 5.78. The number of carboxylic acid groups (broad SMARTS) is 1. The summed E-state index contributed by atoms with van der Waals surface area (Å²) in [7, 11) is 1.58. The van der Waals surface area contributed by atoms with Gasteiger partial charge in [-0.25, -0.2) is 9.78 Å². The molecule has 0 spiro atoms. The maximum Gasteiger partial charge on any atom is 0.408 e. The number of rotatable bonds is 5. The van der Waals surface area contributed by atoms with Gasteiger partial charge in [-0.05, 0) is 44.9 Å². The number of β-amino-alcohol motifs (C(OH)–C–C–N with tert-alkyl or cyclic N) is 1.